The van der Waals surface area contributed by atoms with Crippen LogP contribution in [0.5, 0.6) is 11.5 Å². The van der Waals surface area contributed by atoms with Gasteiger partial charge in [-0.1, -0.05) is 22.8 Å². The maximum absolute atomic E-state index is 12.3. The Morgan fingerprint density at radius 1 is 1.27 bits per heavy atom. The fraction of sp³-hybridized carbons (Fsp3) is 0.176. The van der Waals surface area contributed by atoms with Crippen LogP contribution < -0.4 is 14.8 Å². The summed E-state index contributed by atoms with van der Waals surface area (Å²) in [6.07, 6.45) is 1.31. The minimum atomic E-state index is -2.95. The van der Waals surface area contributed by atoms with Gasteiger partial charge >= 0.3 is 6.61 Å². The summed E-state index contributed by atoms with van der Waals surface area (Å²) >= 11 is 5.82. The molecular formula is C17H15ClF2N2O4. The Balaban J connectivity index is 1.87. The molecule has 0 unspecified atom stereocenters. The second-order valence-corrected chi connectivity index (χ2v) is 5.29. The van der Waals surface area contributed by atoms with Gasteiger partial charge in [0.05, 0.1) is 13.3 Å². The van der Waals surface area contributed by atoms with Crippen molar-refractivity contribution in [2.45, 2.75) is 6.61 Å². The zero-order valence-corrected chi connectivity index (χ0v) is 14.4. The van der Waals surface area contributed by atoms with Crippen LogP contribution in [-0.4, -0.2) is 32.4 Å². The summed E-state index contributed by atoms with van der Waals surface area (Å²) in [6.45, 7) is -3.27. The minimum Gasteiger partial charge on any atom is -0.493 e. The van der Waals surface area contributed by atoms with Gasteiger partial charge in [0.25, 0.3) is 5.91 Å². The van der Waals surface area contributed by atoms with Crippen molar-refractivity contribution in [2.75, 3.05) is 19.0 Å². The molecule has 0 aromatic heterocycles. The number of nitrogens with zero attached hydrogens (tertiary/aromatic N) is 1. The SMILES string of the molecule is COc1cc(/C=N/OCC(=O)Nc2cccc(Cl)c2)ccc1OC(F)F. The van der Waals surface area contributed by atoms with Crippen molar-refractivity contribution in [1.82, 2.24) is 0 Å². The first-order valence-electron chi connectivity index (χ1n) is 7.31. The lowest BCUT2D eigenvalue weighted by molar-refractivity contribution is -0.120. The average Bonchev–Trinajstić information content (AvgIpc) is 2.59. The molecule has 0 fully saturated rings. The molecule has 138 valence electrons. The van der Waals surface area contributed by atoms with Crippen LogP contribution in [0.1, 0.15) is 5.56 Å². The van der Waals surface area contributed by atoms with E-state index in [0.29, 0.717) is 16.3 Å². The number of benzene rings is 2. The van der Waals surface area contributed by atoms with Crippen molar-refractivity contribution in [2.24, 2.45) is 5.16 Å². The number of amides is 1. The number of nitrogens with one attached hydrogen (secondary N) is 1. The van der Waals surface area contributed by atoms with Gasteiger partial charge in [0.1, 0.15) is 0 Å². The van der Waals surface area contributed by atoms with Crippen LogP contribution in [0, 0.1) is 0 Å². The first-order chi connectivity index (χ1) is 12.5. The van der Waals surface area contributed by atoms with Crippen LogP contribution >= 0.6 is 11.6 Å². The molecule has 6 nitrogen and oxygen atoms in total. The van der Waals surface area contributed by atoms with E-state index in [9.17, 15) is 13.6 Å². The summed E-state index contributed by atoms with van der Waals surface area (Å²) in [4.78, 5) is 16.6. The van der Waals surface area contributed by atoms with E-state index in [1.807, 2.05) is 0 Å². The summed E-state index contributed by atoms with van der Waals surface area (Å²) in [5, 5.41) is 6.74. The Hall–Kier alpha value is -2.87. The number of carbonyl (C=O) groups excluding carboxylic acids is 1. The summed E-state index contributed by atoms with van der Waals surface area (Å²) < 4.78 is 33.8. The molecule has 0 atom stereocenters. The summed E-state index contributed by atoms with van der Waals surface area (Å²) in [6, 6.07) is 10.9. The van der Waals surface area contributed by atoms with Gasteiger partial charge in [0.15, 0.2) is 18.1 Å². The predicted octanol–water partition coefficient (Wildman–Crippen LogP) is 3.94. The van der Waals surface area contributed by atoms with Gasteiger partial charge in [-0.2, -0.15) is 8.78 Å². The monoisotopic (exact) mass is 384 g/mol. The Labute approximate surface area is 153 Å². The molecule has 2 rings (SSSR count). The summed E-state index contributed by atoms with van der Waals surface area (Å²) in [5.41, 5.74) is 1.05. The van der Waals surface area contributed by atoms with Gasteiger partial charge in [0.2, 0.25) is 0 Å². The van der Waals surface area contributed by atoms with Gasteiger partial charge < -0.3 is 19.6 Å². The Morgan fingerprint density at radius 2 is 2.08 bits per heavy atom. The number of rotatable bonds is 8. The predicted molar refractivity (Wildman–Crippen MR) is 93.3 cm³/mol. The number of halogens is 3. The van der Waals surface area contributed by atoms with Gasteiger partial charge in [-0.25, -0.2) is 0 Å². The second-order valence-electron chi connectivity index (χ2n) is 4.86. The van der Waals surface area contributed by atoms with Gasteiger partial charge in [0, 0.05) is 16.3 Å². The molecule has 0 saturated heterocycles. The van der Waals surface area contributed by atoms with Crippen molar-refractivity contribution < 1.29 is 27.9 Å². The molecule has 0 bridgehead atoms. The third-order valence-electron chi connectivity index (χ3n) is 2.98. The average molecular weight is 385 g/mol. The molecule has 2 aromatic rings. The molecule has 2 aromatic carbocycles. The first-order valence-corrected chi connectivity index (χ1v) is 7.69. The minimum absolute atomic E-state index is 0.0959. The Morgan fingerprint density at radius 3 is 2.77 bits per heavy atom. The molecule has 26 heavy (non-hydrogen) atoms. The van der Waals surface area contributed by atoms with Gasteiger partial charge in [-0.15, -0.1) is 0 Å². The van der Waals surface area contributed by atoms with Crippen molar-refractivity contribution >= 4 is 29.4 Å². The van der Waals surface area contributed by atoms with Crippen molar-refractivity contribution in [3.8, 4) is 11.5 Å². The Kier molecular flexibility index (Phi) is 7.16. The van der Waals surface area contributed by atoms with Crippen LogP contribution in [0.4, 0.5) is 14.5 Å². The zero-order chi connectivity index (χ0) is 18.9. The van der Waals surface area contributed by atoms with E-state index in [4.69, 9.17) is 21.2 Å². The lowest BCUT2D eigenvalue weighted by Gasteiger charge is -2.09. The number of methoxy groups -OCH3 is 1. The van der Waals surface area contributed by atoms with Gasteiger partial charge in [-0.3, -0.25) is 4.79 Å². The lowest BCUT2D eigenvalue weighted by Crippen LogP contribution is -2.16. The maximum atomic E-state index is 12.3. The van der Waals surface area contributed by atoms with Gasteiger partial charge in [-0.05, 0) is 36.4 Å². The molecule has 0 aliphatic rings. The topological polar surface area (TPSA) is 69.2 Å². The van der Waals surface area contributed by atoms with E-state index < -0.39 is 12.5 Å². The van der Waals surface area contributed by atoms with E-state index in [2.05, 4.69) is 15.2 Å². The normalized spacial score (nSPS) is 10.8. The first kappa shape index (κ1) is 19.5. The van der Waals surface area contributed by atoms with E-state index in [1.54, 1.807) is 24.3 Å². The molecule has 0 spiro atoms. The highest BCUT2D eigenvalue weighted by atomic mass is 35.5. The molecule has 0 radical (unpaired) electrons. The van der Waals surface area contributed by atoms with Crippen LogP contribution in [0.15, 0.2) is 47.6 Å². The van der Waals surface area contributed by atoms with Crippen LogP contribution in [0.2, 0.25) is 5.02 Å². The molecular weight excluding hydrogens is 370 g/mol. The number of oxime groups is 1. The standard InChI is InChI=1S/C17H15ClF2N2O4/c1-24-15-7-11(5-6-14(15)26-17(19)20)9-21-25-10-16(23)22-13-4-2-3-12(18)8-13/h2-9,17H,10H2,1H3,(H,22,23)/b21-9+. The van der Waals surface area contributed by atoms with E-state index in [0.717, 1.165) is 0 Å². The molecule has 0 heterocycles. The van der Waals surface area contributed by atoms with Crippen molar-refractivity contribution in [3.63, 3.8) is 0 Å². The van der Waals surface area contributed by atoms with Crippen molar-refractivity contribution in [3.05, 3.63) is 53.1 Å². The van der Waals surface area contributed by atoms with Crippen LogP contribution in [-0.2, 0) is 9.63 Å². The van der Waals surface area contributed by atoms with Crippen LogP contribution in [0.25, 0.3) is 0 Å². The van der Waals surface area contributed by atoms with E-state index in [-0.39, 0.29) is 18.1 Å². The third-order valence-corrected chi connectivity index (χ3v) is 3.22. The fourth-order valence-electron chi connectivity index (χ4n) is 1.92. The highest BCUT2D eigenvalue weighted by molar-refractivity contribution is 6.30. The zero-order valence-electron chi connectivity index (χ0n) is 13.6. The molecule has 0 aliphatic carbocycles. The highest BCUT2D eigenvalue weighted by Crippen LogP contribution is 2.28. The largest absolute Gasteiger partial charge is 0.493 e. The third kappa shape index (κ3) is 6.21. The number of alkyl halides is 2. The molecule has 1 N–H and O–H groups in total. The summed E-state index contributed by atoms with van der Waals surface area (Å²) in [7, 11) is 1.32. The quantitative estimate of drug-likeness (QED) is 0.553. The van der Waals surface area contributed by atoms with Crippen LogP contribution in [0.3, 0.4) is 0 Å². The smallest absolute Gasteiger partial charge is 0.387 e. The molecule has 1 amide bonds. The molecule has 0 aliphatic heterocycles. The molecule has 0 saturated carbocycles. The Bertz CT molecular complexity index is 787. The van der Waals surface area contributed by atoms with E-state index in [1.165, 1.54) is 31.5 Å². The van der Waals surface area contributed by atoms with Crippen molar-refractivity contribution in [1.29, 1.82) is 0 Å². The fourth-order valence-corrected chi connectivity index (χ4v) is 2.11. The maximum Gasteiger partial charge on any atom is 0.387 e. The number of hydrogen-bond donors (Lipinski definition) is 1. The highest BCUT2D eigenvalue weighted by Gasteiger charge is 2.10. The lowest BCUT2D eigenvalue weighted by atomic mass is 10.2. The number of carbonyl (C=O) groups is 1. The number of ether oxygens (including phenoxy) is 2. The number of anilines is 1. The summed E-state index contributed by atoms with van der Waals surface area (Å²) in [5.74, 6) is -0.392. The number of hydrogen-bond acceptors (Lipinski definition) is 5. The second kappa shape index (κ2) is 9.57. The van der Waals surface area contributed by atoms with E-state index >= 15 is 0 Å². The molecule has 9 heteroatoms.